The molecule has 0 aromatic heterocycles. The summed E-state index contributed by atoms with van der Waals surface area (Å²) in [6, 6.07) is 10.3. The van der Waals surface area contributed by atoms with Gasteiger partial charge in [-0.05, 0) is 44.5 Å². The largest absolute Gasteiger partial charge is 0.388 e. The van der Waals surface area contributed by atoms with Gasteiger partial charge >= 0.3 is 0 Å². The number of rotatable bonds is 14. The molecule has 1 unspecified atom stereocenters. The summed E-state index contributed by atoms with van der Waals surface area (Å²) in [5.74, 6) is 0. The van der Waals surface area contributed by atoms with E-state index in [1.165, 1.54) is 68.5 Å². The van der Waals surface area contributed by atoms with Crippen molar-refractivity contribution in [1.82, 2.24) is 4.90 Å². The minimum Gasteiger partial charge on any atom is -0.388 e. The quantitative estimate of drug-likeness (QED) is 0.467. The highest BCUT2D eigenvalue weighted by atomic mass is 28.3. The Labute approximate surface area is 151 Å². The molecule has 0 aliphatic heterocycles. The fourth-order valence-electron chi connectivity index (χ4n) is 3.11. The average Bonchev–Trinajstić information content (AvgIpc) is 2.62. The zero-order chi connectivity index (χ0) is 17.6. The van der Waals surface area contributed by atoms with E-state index in [4.69, 9.17) is 4.74 Å². The van der Waals surface area contributed by atoms with Crippen LogP contribution in [-0.2, 0) is 4.74 Å². The number of hydrogen-bond acceptors (Lipinski definition) is 2. The van der Waals surface area contributed by atoms with Gasteiger partial charge in [0.25, 0.3) is 0 Å². The Morgan fingerprint density at radius 1 is 1.00 bits per heavy atom. The van der Waals surface area contributed by atoms with E-state index in [2.05, 4.69) is 49.6 Å². The van der Waals surface area contributed by atoms with E-state index in [9.17, 15) is 0 Å². The number of hydrogen-bond donors (Lipinski definition) is 0. The molecule has 0 aliphatic carbocycles. The van der Waals surface area contributed by atoms with Gasteiger partial charge < -0.3 is 9.64 Å². The second-order valence-corrected chi connectivity index (χ2v) is 9.69. The summed E-state index contributed by atoms with van der Waals surface area (Å²) in [4.78, 5) is 2.67. The summed E-state index contributed by atoms with van der Waals surface area (Å²) >= 11 is 0. The van der Waals surface area contributed by atoms with Gasteiger partial charge in [0, 0.05) is 13.3 Å². The highest BCUT2D eigenvalue weighted by Crippen LogP contribution is 2.07. The second-order valence-electron chi connectivity index (χ2n) is 6.71. The van der Waals surface area contributed by atoms with Gasteiger partial charge in [-0.15, -0.1) is 0 Å². The van der Waals surface area contributed by atoms with Gasteiger partial charge in [0.05, 0.1) is 0 Å². The van der Waals surface area contributed by atoms with Crippen molar-refractivity contribution >= 4 is 20.1 Å². The minimum atomic E-state index is -1.02. The molecule has 0 N–H and O–H groups in total. The van der Waals surface area contributed by atoms with Crippen molar-refractivity contribution in [3.8, 4) is 0 Å². The molecular formula is C21H37NOSi. The van der Waals surface area contributed by atoms with Crippen molar-refractivity contribution in [1.29, 1.82) is 0 Å². The topological polar surface area (TPSA) is 12.5 Å². The normalized spacial score (nSPS) is 12.5. The molecule has 1 rings (SSSR count). The van der Waals surface area contributed by atoms with Crippen LogP contribution in [0.3, 0.4) is 0 Å². The van der Waals surface area contributed by atoms with E-state index in [-0.39, 0.29) is 0 Å². The van der Waals surface area contributed by atoms with E-state index in [0.29, 0.717) is 0 Å². The van der Waals surface area contributed by atoms with Crippen LogP contribution in [0, 0.1) is 0 Å². The van der Waals surface area contributed by atoms with Gasteiger partial charge in [0.1, 0.15) is 8.80 Å². The van der Waals surface area contributed by atoms with Crippen molar-refractivity contribution in [2.45, 2.75) is 52.0 Å². The van der Waals surface area contributed by atoms with Crippen molar-refractivity contribution in [2.24, 2.45) is 0 Å². The van der Waals surface area contributed by atoms with E-state index >= 15 is 0 Å². The van der Waals surface area contributed by atoms with Crippen molar-refractivity contribution in [3.63, 3.8) is 0 Å². The van der Waals surface area contributed by atoms with Crippen LogP contribution >= 0.6 is 0 Å². The molecule has 0 fully saturated rings. The minimum absolute atomic E-state index is 0.942. The van der Waals surface area contributed by atoms with Crippen molar-refractivity contribution in [2.75, 3.05) is 33.0 Å². The monoisotopic (exact) mass is 347 g/mol. The van der Waals surface area contributed by atoms with Crippen LogP contribution < -0.4 is 5.19 Å². The molecule has 0 bridgehead atoms. The van der Waals surface area contributed by atoms with Crippen LogP contribution in [-0.4, -0.2) is 46.7 Å². The zero-order valence-electron chi connectivity index (χ0n) is 16.1. The lowest BCUT2D eigenvalue weighted by atomic mass is 10.2. The molecule has 136 valence electrons. The summed E-state index contributed by atoms with van der Waals surface area (Å²) in [7, 11) is 0.820. The Kier molecular flexibility index (Phi) is 11.8. The van der Waals surface area contributed by atoms with E-state index in [1.807, 2.05) is 13.2 Å². The molecule has 0 aliphatic rings. The first kappa shape index (κ1) is 21.1. The third-order valence-corrected chi connectivity index (χ3v) is 7.86. The molecule has 24 heavy (non-hydrogen) atoms. The molecule has 1 aromatic rings. The van der Waals surface area contributed by atoms with Gasteiger partial charge in [0.2, 0.25) is 0 Å². The molecule has 0 heterocycles. The number of methoxy groups -OCH3 is 1. The fourth-order valence-corrected chi connectivity index (χ4v) is 5.62. The van der Waals surface area contributed by atoms with Crippen molar-refractivity contribution in [3.05, 3.63) is 36.4 Å². The number of nitrogens with zero attached hydrogens (tertiary/aromatic N) is 1. The van der Waals surface area contributed by atoms with Crippen LogP contribution in [0.4, 0.5) is 0 Å². The van der Waals surface area contributed by atoms with Gasteiger partial charge in [-0.25, -0.2) is 0 Å². The first-order valence-electron chi connectivity index (χ1n) is 9.68. The van der Waals surface area contributed by atoms with Crippen LogP contribution in [0.15, 0.2) is 30.8 Å². The van der Waals surface area contributed by atoms with E-state index in [0.717, 1.165) is 6.23 Å². The third-order valence-electron chi connectivity index (χ3n) is 4.69. The molecule has 3 heteroatoms. The lowest BCUT2D eigenvalue weighted by Crippen LogP contribution is -2.36. The molecule has 0 saturated carbocycles. The molecular weight excluding hydrogens is 310 g/mol. The van der Waals surface area contributed by atoms with Crippen LogP contribution in [0.5, 0.6) is 0 Å². The van der Waals surface area contributed by atoms with Crippen molar-refractivity contribution < 1.29 is 4.74 Å². The molecule has 0 spiro atoms. The number of ether oxygens (including phenoxy) is 1. The maximum absolute atomic E-state index is 5.53. The molecule has 1 atom stereocenters. The Bertz CT molecular complexity index is 424. The smallest absolute Gasteiger partial charge is 0.100 e. The summed E-state index contributed by atoms with van der Waals surface area (Å²) in [6.07, 6.45) is 9.39. The third kappa shape index (κ3) is 8.27. The maximum atomic E-state index is 5.53. The summed E-state index contributed by atoms with van der Waals surface area (Å²) in [5.41, 5.74) is 1.20. The summed E-state index contributed by atoms with van der Waals surface area (Å²) in [6.45, 7) is 12.2. The highest BCUT2D eigenvalue weighted by Gasteiger charge is 2.14. The molecule has 0 radical (unpaired) electrons. The molecule has 0 saturated heterocycles. The highest BCUT2D eigenvalue weighted by molar-refractivity contribution is 6.73. The molecule has 2 nitrogen and oxygen atoms in total. The Morgan fingerprint density at radius 3 is 2.08 bits per heavy atom. The standard InChI is InChI=1S/C21H37NOSi/c1-5-8-15-22(16-9-6-2)17-10-18-24(19-23-4)21-13-11-20(7-3)12-14-21/h7,11-14,24H,3,5-6,8-10,15-19H2,1-2,4H3. The SMILES string of the molecule is C=Cc1ccc([SiH](CCCN(CCCC)CCCC)COC)cc1. The van der Waals surface area contributed by atoms with E-state index < -0.39 is 8.80 Å². The second kappa shape index (κ2) is 13.4. The predicted molar refractivity (Wildman–Crippen MR) is 111 cm³/mol. The van der Waals surface area contributed by atoms with Crippen LogP contribution in [0.1, 0.15) is 51.5 Å². The Morgan fingerprint density at radius 2 is 1.58 bits per heavy atom. The van der Waals surface area contributed by atoms with Gasteiger partial charge in [0.15, 0.2) is 0 Å². The Balaban J connectivity index is 2.52. The van der Waals surface area contributed by atoms with Crippen LogP contribution in [0.25, 0.3) is 6.08 Å². The lowest BCUT2D eigenvalue weighted by molar-refractivity contribution is 0.247. The van der Waals surface area contributed by atoms with Gasteiger partial charge in [-0.3, -0.25) is 0 Å². The first-order chi connectivity index (χ1) is 11.7. The maximum Gasteiger partial charge on any atom is 0.100 e. The number of unbranched alkanes of at least 4 members (excludes halogenated alkanes) is 2. The van der Waals surface area contributed by atoms with Crippen LogP contribution in [0.2, 0.25) is 6.04 Å². The zero-order valence-corrected chi connectivity index (χ0v) is 17.3. The molecule has 1 aromatic carbocycles. The summed E-state index contributed by atoms with van der Waals surface area (Å²) in [5, 5.41) is 1.52. The molecule has 0 amide bonds. The van der Waals surface area contributed by atoms with Gasteiger partial charge in [-0.2, -0.15) is 0 Å². The average molecular weight is 348 g/mol. The fraction of sp³-hybridized carbons (Fsp3) is 0.619. The summed E-state index contributed by atoms with van der Waals surface area (Å²) < 4.78 is 5.53. The Hall–Kier alpha value is -0.903. The predicted octanol–water partition coefficient (Wildman–Crippen LogP) is 4.24. The van der Waals surface area contributed by atoms with E-state index in [1.54, 1.807) is 0 Å². The van der Waals surface area contributed by atoms with Gasteiger partial charge in [-0.1, -0.05) is 74.8 Å². The number of benzene rings is 1. The first-order valence-corrected chi connectivity index (χ1v) is 11.9. The lowest BCUT2D eigenvalue weighted by Gasteiger charge is -2.23.